The summed E-state index contributed by atoms with van der Waals surface area (Å²) >= 11 is 0. The molecular weight excluding hydrogens is 224 g/mol. The highest BCUT2D eigenvalue weighted by molar-refractivity contribution is 6.60. The van der Waals surface area contributed by atoms with Gasteiger partial charge in [-0.1, -0.05) is 13.8 Å². The van der Waals surface area contributed by atoms with Crippen LogP contribution in [-0.2, 0) is 18.1 Å². The van der Waals surface area contributed by atoms with Crippen molar-refractivity contribution >= 4 is 14.6 Å². The molecular formula is C11H24O4Si. The van der Waals surface area contributed by atoms with Gasteiger partial charge in [-0.05, 0) is 19.3 Å². The molecule has 0 N–H and O–H groups in total. The third kappa shape index (κ3) is 6.37. The first-order valence-electron chi connectivity index (χ1n) is 5.69. The van der Waals surface area contributed by atoms with Crippen LogP contribution in [0.4, 0.5) is 0 Å². The lowest BCUT2D eigenvalue weighted by molar-refractivity contribution is -0.116. The van der Waals surface area contributed by atoms with Gasteiger partial charge in [0.1, 0.15) is 5.78 Å². The highest BCUT2D eigenvalue weighted by atomic mass is 28.4. The number of rotatable bonds is 9. The van der Waals surface area contributed by atoms with Crippen LogP contribution in [0.1, 0.15) is 33.6 Å². The van der Waals surface area contributed by atoms with E-state index in [1.54, 1.807) is 21.1 Å². The lowest BCUT2D eigenvalue weighted by Crippen LogP contribution is -2.44. The normalized spacial score (nSPS) is 12.1. The van der Waals surface area contributed by atoms with Crippen molar-refractivity contribution in [2.45, 2.75) is 39.7 Å². The third-order valence-corrected chi connectivity index (χ3v) is 5.17. The predicted molar refractivity (Wildman–Crippen MR) is 65.3 cm³/mol. The van der Waals surface area contributed by atoms with Crippen molar-refractivity contribution in [1.82, 2.24) is 0 Å². The second-order valence-electron chi connectivity index (χ2n) is 4.32. The van der Waals surface area contributed by atoms with E-state index >= 15 is 0 Å². The van der Waals surface area contributed by atoms with E-state index < -0.39 is 8.80 Å². The second kappa shape index (κ2) is 7.95. The molecule has 4 nitrogen and oxygen atoms in total. The summed E-state index contributed by atoms with van der Waals surface area (Å²) < 4.78 is 16.5. The van der Waals surface area contributed by atoms with Gasteiger partial charge >= 0.3 is 8.80 Å². The van der Waals surface area contributed by atoms with E-state index in [9.17, 15) is 4.79 Å². The first-order chi connectivity index (χ1) is 7.45. The van der Waals surface area contributed by atoms with Crippen LogP contribution in [0.5, 0.6) is 0 Å². The van der Waals surface area contributed by atoms with Gasteiger partial charge in [0, 0.05) is 33.3 Å². The molecule has 0 aromatic rings. The number of carbonyl (C=O) groups excluding carboxylic acids is 1. The van der Waals surface area contributed by atoms with Gasteiger partial charge in [-0.25, -0.2) is 0 Å². The maximum absolute atomic E-state index is 11.0. The Morgan fingerprint density at radius 3 is 2.19 bits per heavy atom. The molecule has 0 radical (unpaired) electrons. The summed E-state index contributed by atoms with van der Waals surface area (Å²) in [7, 11) is 0.583. The van der Waals surface area contributed by atoms with Crippen molar-refractivity contribution in [3.8, 4) is 0 Å². The Bertz CT molecular complexity index is 202. The maximum Gasteiger partial charge on any atom is 0.500 e. The highest BCUT2D eigenvalue weighted by Gasteiger charge is 2.38. The van der Waals surface area contributed by atoms with Gasteiger partial charge in [-0.2, -0.15) is 0 Å². The highest BCUT2D eigenvalue weighted by Crippen LogP contribution is 2.17. The zero-order chi connectivity index (χ0) is 12.6. The monoisotopic (exact) mass is 248 g/mol. The molecule has 0 amide bonds. The van der Waals surface area contributed by atoms with Gasteiger partial charge in [-0.15, -0.1) is 0 Å². The van der Waals surface area contributed by atoms with Gasteiger partial charge in [0.2, 0.25) is 0 Å². The fraction of sp³-hybridized carbons (Fsp3) is 0.909. The summed E-state index contributed by atoms with van der Waals surface area (Å²) in [5, 5.41) is 0. The van der Waals surface area contributed by atoms with Crippen LogP contribution in [0, 0.1) is 5.92 Å². The molecule has 0 aliphatic heterocycles. The Kier molecular flexibility index (Phi) is 7.83. The fourth-order valence-electron chi connectivity index (χ4n) is 1.26. The molecule has 16 heavy (non-hydrogen) atoms. The minimum atomic E-state index is -2.59. The molecule has 0 aromatic heterocycles. The van der Waals surface area contributed by atoms with Gasteiger partial charge in [0.05, 0.1) is 0 Å². The molecule has 96 valence electrons. The van der Waals surface area contributed by atoms with E-state index in [2.05, 4.69) is 13.8 Å². The largest absolute Gasteiger partial charge is 0.500 e. The second-order valence-corrected chi connectivity index (χ2v) is 7.30. The average molecular weight is 248 g/mol. The summed E-state index contributed by atoms with van der Waals surface area (Å²) in [4.78, 5) is 11.0. The maximum atomic E-state index is 11.0. The molecule has 0 atom stereocenters. The molecule has 5 heteroatoms. The zero-order valence-corrected chi connectivity index (χ0v) is 12.0. The van der Waals surface area contributed by atoms with Crippen molar-refractivity contribution < 1.29 is 18.1 Å². The van der Waals surface area contributed by atoms with E-state index in [1.165, 1.54) is 0 Å². The van der Waals surface area contributed by atoms with Crippen molar-refractivity contribution in [3.05, 3.63) is 0 Å². The summed E-state index contributed by atoms with van der Waals surface area (Å²) in [5.74, 6) is 0.728. The van der Waals surface area contributed by atoms with E-state index in [1.807, 2.05) is 0 Å². The summed E-state index contributed by atoms with van der Waals surface area (Å²) in [6.07, 6.45) is 1.43. The number of ketones is 1. The summed E-state index contributed by atoms with van der Waals surface area (Å²) in [6.45, 7) is 6.48. The Morgan fingerprint density at radius 1 is 1.25 bits per heavy atom. The summed E-state index contributed by atoms with van der Waals surface area (Å²) in [5.41, 5.74) is 0. The lowest BCUT2D eigenvalue weighted by atomic mass is 10.2. The quantitative estimate of drug-likeness (QED) is 0.587. The molecule has 0 heterocycles. The SMILES string of the molecule is CO[Si](CCC(C)=O)(OC)OCCC(C)C. The first kappa shape index (κ1) is 15.8. The Hall–Kier alpha value is -0.233. The van der Waals surface area contributed by atoms with E-state index in [-0.39, 0.29) is 5.78 Å². The van der Waals surface area contributed by atoms with Crippen LogP contribution in [0.15, 0.2) is 0 Å². The van der Waals surface area contributed by atoms with Crippen molar-refractivity contribution in [1.29, 1.82) is 0 Å². The van der Waals surface area contributed by atoms with E-state index in [4.69, 9.17) is 13.3 Å². The van der Waals surface area contributed by atoms with Gasteiger partial charge in [-0.3, -0.25) is 0 Å². The number of Topliss-reactive ketones (excluding diaryl/α,β-unsaturated/α-hetero) is 1. The standard InChI is InChI=1S/C11H24O4Si/c1-10(2)6-8-15-16(13-4,14-5)9-7-11(3)12/h10H,6-9H2,1-5H3. The van der Waals surface area contributed by atoms with Crippen LogP contribution >= 0.6 is 0 Å². The van der Waals surface area contributed by atoms with Crippen molar-refractivity contribution in [2.24, 2.45) is 5.92 Å². The van der Waals surface area contributed by atoms with Gasteiger partial charge < -0.3 is 18.1 Å². The fourth-order valence-corrected chi connectivity index (χ4v) is 3.30. The molecule has 0 aliphatic carbocycles. The minimum Gasteiger partial charge on any atom is -0.377 e. The first-order valence-corrected chi connectivity index (χ1v) is 7.62. The molecule has 0 saturated carbocycles. The molecule has 0 spiro atoms. The predicted octanol–water partition coefficient (Wildman–Crippen LogP) is 2.26. The molecule has 0 bridgehead atoms. The van der Waals surface area contributed by atoms with Gasteiger partial charge in [0.15, 0.2) is 0 Å². The number of carbonyl (C=O) groups is 1. The van der Waals surface area contributed by atoms with Crippen molar-refractivity contribution in [2.75, 3.05) is 20.8 Å². The molecule has 0 rings (SSSR count). The topological polar surface area (TPSA) is 44.8 Å². The van der Waals surface area contributed by atoms with Crippen LogP contribution < -0.4 is 0 Å². The molecule has 0 saturated heterocycles. The lowest BCUT2D eigenvalue weighted by Gasteiger charge is -2.26. The average Bonchev–Trinajstić information content (AvgIpc) is 2.23. The van der Waals surface area contributed by atoms with Gasteiger partial charge in [0.25, 0.3) is 0 Å². The molecule has 0 aliphatic rings. The smallest absolute Gasteiger partial charge is 0.377 e. The van der Waals surface area contributed by atoms with Crippen LogP contribution in [0.3, 0.4) is 0 Å². The zero-order valence-electron chi connectivity index (χ0n) is 11.0. The Morgan fingerprint density at radius 2 is 1.81 bits per heavy atom. The minimum absolute atomic E-state index is 0.137. The third-order valence-electron chi connectivity index (χ3n) is 2.42. The number of hydrogen-bond donors (Lipinski definition) is 0. The summed E-state index contributed by atoms with van der Waals surface area (Å²) in [6, 6.07) is 0.563. The van der Waals surface area contributed by atoms with Crippen LogP contribution in [0.25, 0.3) is 0 Å². The van der Waals surface area contributed by atoms with Crippen LogP contribution in [-0.4, -0.2) is 35.4 Å². The van der Waals surface area contributed by atoms with Crippen molar-refractivity contribution in [3.63, 3.8) is 0 Å². The Labute approximate surface area is 99.6 Å². The van der Waals surface area contributed by atoms with E-state index in [0.29, 0.717) is 25.0 Å². The molecule has 0 fully saturated rings. The molecule has 0 aromatic carbocycles. The Balaban J connectivity index is 4.15. The van der Waals surface area contributed by atoms with Crippen LogP contribution in [0.2, 0.25) is 6.04 Å². The van der Waals surface area contributed by atoms with E-state index in [0.717, 1.165) is 6.42 Å². The molecule has 0 unspecified atom stereocenters. The number of hydrogen-bond acceptors (Lipinski definition) is 4.